The highest BCUT2D eigenvalue weighted by Gasteiger charge is 2.09. The van der Waals surface area contributed by atoms with Gasteiger partial charge >= 0.3 is 0 Å². The third-order valence-corrected chi connectivity index (χ3v) is 4.31. The maximum atomic E-state index is 8.63. The Morgan fingerprint density at radius 3 is 2.48 bits per heavy atom. The van der Waals surface area contributed by atoms with Crippen molar-refractivity contribution in [2.45, 2.75) is 6.42 Å². The third-order valence-electron chi connectivity index (χ3n) is 2.96. The molecule has 0 radical (unpaired) electrons. The van der Waals surface area contributed by atoms with E-state index < -0.39 is 0 Å². The Hall–Kier alpha value is -1.47. The molecule has 0 heterocycles. The lowest BCUT2D eigenvalue weighted by molar-refractivity contribution is 1.33. The first kappa shape index (κ1) is 15.9. The predicted molar refractivity (Wildman–Crippen MR) is 92.2 cm³/mol. The van der Waals surface area contributed by atoms with Crippen LogP contribution in [-0.4, -0.2) is 11.3 Å². The number of nitriles is 1. The molecule has 0 aliphatic carbocycles. The highest BCUT2D eigenvalue weighted by Crippen LogP contribution is 2.33. The summed E-state index contributed by atoms with van der Waals surface area (Å²) >= 11 is 14.0. The van der Waals surface area contributed by atoms with E-state index in [2.05, 4.69) is 4.99 Å². The zero-order chi connectivity index (χ0) is 15.2. The average molecular weight is 335 g/mol. The molecule has 21 heavy (non-hydrogen) atoms. The Morgan fingerprint density at radius 2 is 1.86 bits per heavy atom. The molecule has 0 bridgehead atoms. The van der Waals surface area contributed by atoms with Gasteiger partial charge in [-0.15, -0.1) is 11.8 Å². The Morgan fingerprint density at radius 1 is 1.14 bits per heavy atom. The molecule has 2 aromatic rings. The minimum absolute atomic E-state index is 0.594. The van der Waals surface area contributed by atoms with Gasteiger partial charge in [0.15, 0.2) is 0 Å². The van der Waals surface area contributed by atoms with Crippen molar-refractivity contribution in [3.8, 4) is 17.3 Å². The largest absolute Gasteiger partial charge is 0.206 e. The summed E-state index contributed by atoms with van der Waals surface area (Å²) in [5.74, 6) is 0. The number of thioether (sulfide) groups is 1. The molecule has 0 saturated heterocycles. The first-order valence-corrected chi connectivity index (χ1v) is 8.16. The molecule has 0 spiro atoms. The number of hydrogen-bond donors (Lipinski definition) is 0. The highest BCUT2D eigenvalue weighted by atomic mass is 35.5. The molecule has 2 nitrogen and oxygen atoms in total. The monoisotopic (exact) mass is 334 g/mol. The van der Waals surface area contributed by atoms with E-state index in [1.54, 1.807) is 0 Å². The Labute approximate surface area is 138 Å². The molecular formula is C16H12Cl2N2S. The summed E-state index contributed by atoms with van der Waals surface area (Å²) < 4.78 is 0. The molecular weight excluding hydrogens is 323 g/mol. The maximum Gasteiger partial charge on any atom is 0.206 e. The molecule has 2 aromatic carbocycles. The number of nitrogens with zero attached hydrogens (tertiary/aromatic N) is 2. The van der Waals surface area contributed by atoms with Gasteiger partial charge < -0.3 is 0 Å². The van der Waals surface area contributed by atoms with Crippen LogP contribution in [0.2, 0.25) is 10.0 Å². The third kappa shape index (κ3) is 4.01. The molecule has 2 rings (SSSR count). The van der Waals surface area contributed by atoms with Gasteiger partial charge in [-0.1, -0.05) is 53.5 Å². The van der Waals surface area contributed by atoms with E-state index in [0.29, 0.717) is 16.5 Å². The molecule has 0 amide bonds. The lowest BCUT2D eigenvalue weighted by atomic mass is 10.0. The molecule has 106 valence electrons. The molecule has 0 aliphatic heterocycles. The van der Waals surface area contributed by atoms with E-state index in [-0.39, 0.29) is 0 Å². The lowest BCUT2D eigenvalue weighted by Gasteiger charge is -2.09. The summed E-state index contributed by atoms with van der Waals surface area (Å²) in [6.07, 6.45) is 4.31. The lowest BCUT2D eigenvalue weighted by Crippen LogP contribution is -1.97. The van der Waals surface area contributed by atoms with Gasteiger partial charge in [-0.25, -0.2) is 0 Å². The molecule has 5 heteroatoms. The SMILES string of the molecule is CSC(Cc1ccc(-c2ccccc2Cl)c(Cl)c1)=NC#N. The van der Waals surface area contributed by atoms with Crippen molar-refractivity contribution < 1.29 is 0 Å². The summed E-state index contributed by atoms with van der Waals surface area (Å²) in [5.41, 5.74) is 2.82. The fourth-order valence-corrected chi connectivity index (χ4v) is 2.94. The van der Waals surface area contributed by atoms with E-state index >= 15 is 0 Å². The highest BCUT2D eigenvalue weighted by molar-refractivity contribution is 8.13. The van der Waals surface area contributed by atoms with Crippen LogP contribution < -0.4 is 0 Å². The minimum Gasteiger partial charge on any atom is -0.171 e. The zero-order valence-corrected chi connectivity index (χ0v) is 13.6. The van der Waals surface area contributed by atoms with Gasteiger partial charge in [0.25, 0.3) is 0 Å². The predicted octanol–water partition coefficient (Wildman–Crippen LogP) is 5.45. The Balaban J connectivity index is 2.33. The molecule has 0 aromatic heterocycles. The summed E-state index contributed by atoms with van der Waals surface area (Å²) in [6.45, 7) is 0. The van der Waals surface area contributed by atoms with Crippen LogP contribution in [0, 0.1) is 11.5 Å². The van der Waals surface area contributed by atoms with Crippen LogP contribution >= 0.6 is 35.0 Å². The number of halogens is 2. The summed E-state index contributed by atoms with van der Waals surface area (Å²) in [6, 6.07) is 13.4. The number of benzene rings is 2. The Kier molecular flexibility index (Phi) is 5.69. The zero-order valence-electron chi connectivity index (χ0n) is 11.3. The van der Waals surface area contributed by atoms with Crippen molar-refractivity contribution in [1.82, 2.24) is 0 Å². The van der Waals surface area contributed by atoms with Gasteiger partial charge in [-0.3, -0.25) is 0 Å². The van der Waals surface area contributed by atoms with Gasteiger partial charge in [0.1, 0.15) is 0 Å². The number of rotatable bonds is 3. The van der Waals surface area contributed by atoms with Gasteiger partial charge in [-0.2, -0.15) is 10.3 Å². The number of aliphatic imine (C=N–C) groups is 1. The molecule has 0 atom stereocenters. The first-order chi connectivity index (χ1) is 10.2. The minimum atomic E-state index is 0.594. The topological polar surface area (TPSA) is 36.1 Å². The molecule has 0 saturated carbocycles. The van der Waals surface area contributed by atoms with Crippen LogP contribution in [0.4, 0.5) is 0 Å². The van der Waals surface area contributed by atoms with Crippen molar-refractivity contribution in [1.29, 1.82) is 5.26 Å². The van der Waals surface area contributed by atoms with Crippen molar-refractivity contribution in [2.24, 2.45) is 4.99 Å². The summed E-state index contributed by atoms with van der Waals surface area (Å²) in [5, 5.41) is 10.7. The van der Waals surface area contributed by atoms with E-state index in [9.17, 15) is 0 Å². The van der Waals surface area contributed by atoms with Crippen molar-refractivity contribution >= 4 is 40.0 Å². The van der Waals surface area contributed by atoms with Crippen LogP contribution in [0.15, 0.2) is 47.5 Å². The Bertz CT molecular complexity index is 720. The molecule has 0 fully saturated rings. The van der Waals surface area contributed by atoms with Crippen LogP contribution in [0.5, 0.6) is 0 Å². The number of hydrogen-bond acceptors (Lipinski definition) is 3. The van der Waals surface area contributed by atoms with E-state index in [4.69, 9.17) is 28.5 Å². The van der Waals surface area contributed by atoms with Crippen LogP contribution in [0.3, 0.4) is 0 Å². The van der Waals surface area contributed by atoms with Gasteiger partial charge in [0.05, 0.1) is 5.04 Å². The van der Waals surface area contributed by atoms with Crippen LogP contribution in [-0.2, 0) is 6.42 Å². The molecule has 0 aliphatic rings. The van der Waals surface area contributed by atoms with Crippen molar-refractivity contribution in [3.63, 3.8) is 0 Å². The van der Waals surface area contributed by atoms with Crippen LogP contribution in [0.25, 0.3) is 11.1 Å². The average Bonchev–Trinajstić information content (AvgIpc) is 2.48. The maximum absolute atomic E-state index is 8.63. The second-order valence-corrected chi connectivity index (χ2v) is 5.97. The second kappa shape index (κ2) is 7.51. The quantitative estimate of drug-likeness (QED) is 0.425. The smallest absolute Gasteiger partial charge is 0.171 e. The van der Waals surface area contributed by atoms with Crippen molar-refractivity contribution in [2.75, 3.05) is 6.26 Å². The summed E-state index contributed by atoms with van der Waals surface area (Å²) in [7, 11) is 0. The van der Waals surface area contributed by atoms with Gasteiger partial charge in [0, 0.05) is 27.6 Å². The molecule has 0 N–H and O–H groups in total. The fourth-order valence-electron chi connectivity index (χ4n) is 1.95. The fraction of sp³-hybridized carbons (Fsp3) is 0.125. The van der Waals surface area contributed by atoms with Crippen LogP contribution in [0.1, 0.15) is 5.56 Å². The van der Waals surface area contributed by atoms with Gasteiger partial charge in [0.2, 0.25) is 6.19 Å². The van der Waals surface area contributed by atoms with E-state index in [1.165, 1.54) is 11.8 Å². The first-order valence-electron chi connectivity index (χ1n) is 6.18. The van der Waals surface area contributed by atoms with Crippen molar-refractivity contribution in [3.05, 3.63) is 58.1 Å². The van der Waals surface area contributed by atoms with E-state index in [0.717, 1.165) is 21.7 Å². The van der Waals surface area contributed by atoms with Gasteiger partial charge in [-0.05, 0) is 24.0 Å². The second-order valence-electron chi connectivity index (χ2n) is 4.28. The summed E-state index contributed by atoms with van der Waals surface area (Å²) in [4.78, 5) is 3.78. The van der Waals surface area contributed by atoms with E-state index in [1.807, 2.05) is 54.9 Å². The standard InChI is InChI=1S/C16H12Cl2N2S/c1-21-16(20-10-19)9-11-6-7-13(15(18)8-11)12-4-2-3-5-14(12)17/h2-8H,9H2,1H3. The molecule has 0 unspecified atom stereocenters. The normalized spacial score (nSPS) is 11.2.